The lowest BCUT2D eigenvalue weighted by molar-refractivity contribution is -0.255. The van der Waals surface area contributed by atoms with Crippen LogP contribution in [-0.4, -0.2) is 15.9 Å². The van der Waals surface area contributed by atoms with E-state index in [-0.39, 0.29) is 5.56 Å². The average Bonchev–Trinajstić information content (AvgIpc) is 2.61. The fourth-order valence-corrected chi connectivity index (χ4v) is 2.90. The number of carboxylic acids is 1. The van der Waals surface area contributed by atoms with Gasteiger partial charge >= 0.3 is 0 Å². The first-order chi connectivity index (χ1) is 11.2. The molecule has 4 nitrogen and oxygen atoms in total. The zero-order valence-corrected chi connectivity index (χ0v) is 12.1. The molecule has 0 saturated heterocycles. The van der Waals surface area contributed by atoms with E-state index in [1.165, 1.54) is 0 Å². The molecule has 4 rings (SSSR count). The number of benzene rings is 2. The second-order valence-corrected chi connectivity index (χ2v) is 5.30. The van der Waals surface area contributed by atoms with Crippen LogP contribution in [0.25, 0.3) is 32.7 Å². The van der Waals surface area contributed by atoms with Gasteiger partial charge < -0.3 is 9.90 Å². The van der Waals surface area contributed by atoms with Crippen molar-refractivity contribution < 1.29 is 9.90 Å². The SMILES string of the molecule is O=C([O-])c1ccc2c(c1)cc(-c1ccncc1)c1ccncc12. The largest absolute Gasteiger partial charge is 0.545 e. The molecule has 0 fully saturated rings. The fraction of sp³-hybridized carbons (Fsp3) is 0. The Labute approximate surface area is 132 Å². The van der Waals surface area contributed by atoms with Crippen molar-refractivity contribution in [3.8, 4) is 11.1 Å². The van der Waals surface area contributed by atoms with Gasteiger partial charge in [-0.15, -0.1) is 0 Å². The second kappa shape index (κ2) is 5.18. The number of rotatable bonds is 2. The molecule has 0 unspecified atom stereocenters. The van der Waals surface area contributed by atoms with E-state index in [1.54, 1.807) is 43.0 Å². The quantitative estimate of drug-likeness (QED) is 0.534. The molecule has 0 amide bonds. The standard InChI is InChI=1S/C19H12N2O2/c22-19(23)13-1-2-15-14(9-13)10-17(12-3-6-20-7-4-12)16-5-8-21-11-18(15)16/h1-11H,(H,22,23)/p-1. The summed E-state index contributed by atoms with van der Waals surface area (Å²) < 4.78 is 0. The number of hydrogen-bond donors (Lipinski definition) is 0. The summed E-state index contributed by atoms with van der Waals surface area (Å²) in [4.78, 5) is 19.4. The van der Waals surface area contributed by atoms with Crippen LogP contribution in [0.4, 0.5) is 0 Å². The van der Waals surface area contributed by atoms with Gasteiger partial charge in [0.15, 0.2) is 0 Å². The Morgan fingerprint density at radius 3 is 2.39 bits per heavy atom. The molecule has 2 heterocycles. The molecule has 0 spiro atoms. The van der Waals surface area contributed by atoms with Gasteiger partial charge in [0.2, 0.25) is 0 Å². The highest BCUT2D eigenvalue weighted by molar-refractivity contribution is 6.14. The molecule has 4 aromatic rings. The average molecular weight is 299 g/mol. The second-order valence-electron chi connectivity index (χ2n) is 5.30. The van der Waals surface area contributed by atoms with Gasteiger partial charge in [-0.1, -0.05) is 12.1 Å². The predicted octanol–water partition coefficient (Wildman–Crippen LogP) is 2.81. The van der Waals surface area contributed by atoms with E-state index < -0.39 is 5.97 Å². The van der Waals surface area contributed by atoms with E-state index in [0.29, 0.717) is 0 Å². The molecule has 4 heteroatoms. The van der Waals surface area contributed by atoms with Crippen LogP contribution in [-0.2, 0) is 0 Å². The molecule has 2 aromatic heterocycles. The third kappa shape index (κ3) is 2.21. The molecule has 0 aliphatic carbocycles. The number of carboxylic acid groups (broad SMARTS) is 1. The summed E-state index contributed by atoms with van der Waals surface area (Å²) in [6.45, 7) is 0. The number of fused-ring (bicyclic) bond motifs is 3. The van der Waals surface area contributed by atoms with Gasteiger partial charge in [0, 0.05) is 30.2 Å². The third-order valence-corrected chi connectivity index (χ3v) is 3.98. The van der Waals surface area contributed by atoms with Gasteiger partial charge in [-0.2, -0.15) is 0 Å². The maximum atomic E-state index is 11.1. The molecule has 23 heavy (non-hydrogen) atoms. The summed E-state index contributed by atoms with van der Waals surface area (Å²) >= 11 is 0. The van der Waals surface area contributed by atoms with Gasteiger partial charge in [-0.3, -0.25) is 9.97 Å². The first kappa shape index (κ1) is 13.4. The topological polar surface area (TPSA) is 65.9 Å². The van der Waals surface area contributed by atoms with Gasteiger partial charge in [0.25, 0.3) is 0 Å². The molecule has 2 aromatic carbocycles. The Kier molecular flexibility index (Phi) is 3.01. The zero-order valence-electron chi connectivity index (χ0n) is 12.1. The molecule has 0 N–H and O–H groups in total. The Bertz CT molecular complexity index is 1040. The first-order valence-corrected chi connectivity index (χ1v) is 7.16. The first-order valence-electron chi connectivity index (χ1n) is 7.16. The molecule has 0 aliphatic heterocycles. The minimum absolute atomic E-state index is 0.168. The number of pyridine rings is 2. The molecule has 0 atom stereocenters. The minimum Gasteiger partial charge on any atom is -0.545 e. The van der Waals surface area contributed by atoms with Crippen molar-refractivity contribution in [2.24, 2.45) is 0 Å². The van der Waals surface area contributed by atoms with Gasteiger partial charge in [0.1, 0.15) is 0 Å². The highest BCUT2D eigenvalue weighted by atomic mass is 16.4. The zero-order chi connectivity index (χ0) is 15.8. The molecule has 0 radical (unpaired) electrons. The van der Waals surface area contributed by atoms with Crippen LogP contribution in [0.1, 0.15) is 10.4 Å². The van der Waals surface area contributed by atoms with Crippen molar-refractivity contribution in [1.82, 2.24) is 9.97 Å². The lowest BCUT2D eigenvalue weighted by Crippen LogP contribution is -2.21. The van der Waals surface area contributed by atoms with Crippen LogP contribution >= 0.6 is 0 Å². The minimum atomic E-state index is -1.18. The number of hydrogen-bond acceptors (Lipinski definition) is 4. The lowest BCUT2D eigenvalue weighted by atomic mass is 9.94. The number of aromatic nitrogens is 2. The summed E-state index contributed by atoms with van der Waals surface area (Å²) in [7, 11) is 0. The lowest BCUT2D eigenvalue weighted by Gasteiger charge is -2.12. The Hall–Kier alpha value is -3.27. The Morgan fingerprint density at radius 2 is 1.61 bits per heavy atom. The molecular formula is C19H11N2O2-. The van der Waals surface area contributed by atoms with Gasteiger partial charge in [-0.25, -0.2) is 0 Å². The normalized spacial score (nSPS) is 11.0. The molecule has 0 bridgehead atoms. The molecule has 110 valence electrons. The molecule has 0 saturated carbocycles. The van der Waals surface area contributed by atoms with Crippen LogP contribution < -0.4 is 5.11 Å². The molecular weight excluding hydrogens is 288 g/mol. The molecule has 0 aliphatic rings. The van der Waals surface area contributed by atoms with E-state index in [0.717, 1.165) is 32.7 Å². The summed E-state index contributed by atoms with van der Waals surface area (Å²) in [5.41, 5.74) is 2.21. The number of aromatic carboxylic acids is 1. The number of nitrogens with zero attached hydrogens (tertiary/aromatic N) is 2. The van der Waals surface area contributed by atoms with E-state index >= 15 is 0 Å². The number of carbonyl (C=O) groups excluding carboxylic acids is 1. The van der Waals surface area contributed by atoms with Crippen LogP contribution in [0.15, 0.2) is 67.3 Å². The van der Waals surface area contributed by atoms with Gasteiger partial charge in [0.05, 0.1) is 5.97 Å². The summed E-state index contributed by atoms with van der Waals surface area (Å²) in [6, 6.07) is 12.8. The Morgan fingerprint density at radius 1 is 0.826 bits per heavy atom. The van der Waals surface area contributed by atoms with Crippen molar-refractivity contribution in [2.45, 2.75) is 0 Å². The maximum absolute atomic E-state index is 11.1. The number of carbonyl (C=O) groups is 1. The van der Waals surface area contributed by atoms with Crippen LogP contribution in [0, 0.1) is 0 Å². The monoisotopic (exact) mass is 299 g/mol. The highest BCUT2D eigenvalue weighted by Gasteiger charge is 2.09. The Balaban J connectivity index is 2.13. The van der Waals surface area contributed by atoms with Crippen molar-refractivity contribution in [2.75, 3.05) is 0 Å². The van der Waals surface area contributed by atoms with Gasteiger partial charge in [-0.05, 0) is 63.2 Å². The maximum Gasteiger partial charge on any atom is 0.0715 e. The van der Waals surface area contributed by atoms with E-state index in [1.807, 2.05) is 24.3 Å². The van der Waals surface area contributed by atoms with E-state index in [9.17, 15) is 9.90 Å². The fourth-order valence-electron chi connectivity index (χ4n) is 2.90. The summed E-state index contributed by atoms with van der Waals surface area (Å²) in [5, 5.41) is 15.0. The van der Waals surface area contributed by atoms with Crippen molar-refractivity contribution >= 4 is 27.5 Å². The highest BCUT2D eigenvalue weighted by Crippen LogP contribution is 2.34. The predicted molar refractivity (Wildman–Crippen MR) is 86.8 cm³/mol. The van der Waals surface area contributed by atoms with Crippen molar-refractivity contribution in [1.29, 1.82) is 0 Å². The van der Waals surface area contributed by atoms with Crippen molar-refractivity contribution in [3.05, 3.63) is 72.8 Å². The van der Waals surface area contributed by atoms with Crippen molar-refractivity contribution in [3.63, 3.8) is 0 Å². The summed E-state index contributed by atoms with van der Waals surface area (Å²) in [5.74, 6) is -1.18. The van der Waals surface area contributed by atoms with Crippen LogP contribution in [0.2, 0.25) is 0 Å². The van der Waals surface area contributed by atoms with E-state index in [2.05, 4.69) is 9.97 Å². The van der Waals surface area contributed by atoms with Crippen LogP contribution in [0.5, 0.6) is 0 Å². The smallest absolute Gasteiger partial charge is 0.0715 e. The third-order valence-electron chi connectivity index (χ3n) is 3.98. The summed E-state index contributed by atoms with van der Waals surface area (Å²) in [6.07, 6.45) is 7.05. The van der Waals surface area contributed by atoms with E-state index in [4.69, 9.17) is 0 Å². The van der Waals surface area contributed by atoms with Crippen LogP contribution in [0.3, 0.4) is 0 Å².